The first-order valence-corrected chi connectivity index (χ1v) is 8.13. The number of nitrogens with zero attached hydrogens (tertiary/aromatic N) is 4. The third kappa shape index (κ3) is 3.51. The molecular formula is C15H20N4OS. The summed E-state index contributed by atoms with van der Waals surface area (Å²) in [6.45, 7) is 7.53. The lowest BCUT2D eigenvalue weighted by atomic mass is 10.2. The summed E-state index contributed by atoms with van der Waals surface area (Å²) in [6.07, 6.45) is 5.64. The summed E-state index contributed by atoms with van der Waals surface area (Å²) < 4.78 is 2.09. The van der Waals surface area contributed by atoms with E-state index in [0.717, 1.165) is 44.1 Å². The lowest BCUT2D eigenvalue weighted by Gasteiger charge is -2.34. The largest absolute Gasteiger partial charge is 0.336 e. The van der Waals surface area contributed by atoms with Crippen LogP contribution in [-0.2, 0) is 6.54 Å². The quantitative estimate of drug-likeness (QED) is 0.863. The number of hydrogen-bond acceptors (Lipinski definition) is 4. The normalized spacial score (nSPS) is 16.3. The summed E-state index contributed by atoms with van der Waals surface area (Å²) in [7, 11) is 0. The van der Waals surface area contributed by atoms with E-state index in [4.69, 9.17) is 0 Å². The van der Waals surface area contributed by atoms with Crippen molar-refractivity contribution >= 4 is 17.2 Å². The van der Waals surface area contributed by atoms with Gasteiger partial charge in [-0.3, -0.25) is 9.69 Å². The average molecular weight is 304 g/mol. The number of imidazole rings is 1. The number of amides is 1. The fourth-order valence-corrected chi connectivity index (χ4v) is 3.41. The molecule has 0 unspecified atom stereocenters. The number of rotatable bonds is 4. The summed E-state index contributed by atoms with van der Waals surface area (Å²) in [5.74, 6) is 0.183. The van der Waals surface area contributed by atoms with Crippen molar-refractivity contribution in [2.24, 2.45) is 0 Å². The Hall–Kier alpha value is -1.66. The zero-order valence-electron chi connectivity index (χ0n) is 12.2. The highest BCUT2D eigenvalue weighted by molar-refractivity contribution is 7.12. The molecule has 0 aromatic carbocycles. The van der Waals surface area contributed by atoms with Crippen molar-refractivity contribution in [2.75, 3.05) is 32.7 Å². The molecule has 1 aliphatic heterocycles. The van der Waals surface area contributed by atoms with Crippen molar-refractivity contribution in [2.45, 2.75) is 13.5 Å². The lowest BCUT2D eigenvalue weighted by Crippen LogP contribution is -2.49. The van der Waals surface area contributed by atoms with Crippen molar-refractivity contribution in [3.63, 3.8) is 0 Å². The zero-order chi connectivity index (χ0) is 14.7. The molecule has 0 aliphatic carbocycles. The zero-order valence-corrected chi connectivity index (χ0v) is 13.1. The highest BCUT2D eigenvalue weighted by atomic mass is 32.1. The number of aromatic nitrogens is 2. The Morgan fingerprint density at radius 3 is 2.71 bits per heavy atom. The standard InChI is InChI=1S/C15H20N4OS/c1-13-10-14(21-11-13)15(20)19-8-6-17(7-9-19)4-5-18-3-2-16-12-18/h2-3,10-12H,4-9H2,1H3. The minimum atomic E-state index is 0.183. The maximum atomic E-state index is 12.4. The van der Waals surface area contributed by atoms with Crippen molar-refractivity contribution in [1.82, 2.24) is 19.4 Å². The molecule has 1 aliphatic rings. The molecule has 0 atom stereocenters. The van der Waals surface area contributed by atoms with Gasteiger partial charge in [0.05, 0.1) is 11.2 Å². The van der Waals surface area contributed by atoms with Gasteiger partial charge in [-0.15, -0.1) is 11.3 Å². The topological polar surface area (TPSA) is 41.4 Å². The van der Waals surface area contributed by atoms with Crippen molar-refractivity contribution in [1.29, 1.82) is 0 Å². The van der Waals surface area contributed by atoms with Gasteiger partial charge >= 0.3 is 0 Å². The van der Waals surface area contributed by atoms with E-state index in [1.807, 2.05) is 35.8 Å². The van der Waals surface area contributed by atoms with Crippen LogP contribution >= 0.6 is 11.3 Å². The number of carbonyl (C=O) groups is 1. The summed E-state index contributed by atoms with van der Waals surface area (Å²) in [6, 6.07) is 1.98. The second-order valence-corrected chi connectivity index (χ2v) is 6.33. The molecule has 1 amide bonds. The van der Waals surface area contributed by atoms with Gasteiger partial charge in [0.15, 0.2) is 0 Å². The van der Waals surface area contributed by atoms with E-state index in [2.05, 4.69) is 14.5 Å². The van der Waals surface area contributed by atoms with E-state index in [9.17, 15) is 4.79 Å². The van der Waals surface area contributed by atoms with E-state index in [1.54, 1.807) is 17.5 Å². The van der Waals surface area contributed by atoms with Gasteiger partial charge in [0.25, 0.3) is 5.91 Å². The maximum Gasteiger partial charge on any atom is 0.264 e. The summed E-state index contributed by atoms with van der Waals surface area (Å²) in [5, 5.41) is 2.04. The van der Waals surface area contributed by atoms with Gasteiger partial charge in [0.2, 0.25) is 0 Å². The molecule has 0 bridgehead atoms. The number of aryl methyl sites for hydroxylation is 1. The molecule has 3 rings (SSSR count). The Bertz CT molecular complexity index is 585. The second-order valence-electron chi connectivity index (χ2n) is 5.42. The molecule has 2 aromatic rings. The Kier molecular flexibility index (Phi) is 4.36. The molecule has 5 nitrogen and oxygen atoms in total. The Morgan fingerprint density at radius 1 is 1.29 bits per heavy atom. The molecule has 6 heteroatoms. The van der Waals surface area contributed by atoms with Crippen LogP contribution in [0.3, 0.4) is 0 Å². The van der Waals surface area contributed by atoms with E-state index in [0.29, 0.717) is 0 Å². The monoisotopic (exact) mass is 304 g/mol. The minimum Gasteiger partial charge on any atom is -0.336 e. The second kappa shape index (κ2) is 6.41. The predicted molar refractivity (Wildman–Crippen MR) is 83.6 cm³/mol. The molecule has 1 saturated heterocycles. The number of thiophene rings is 1. The molecule has 112 valence electrons. The highest BCUT2D eigenvalue weighted by Crippen LogP contribution is 2.17. The van der Waals surface area contributed by atoms with Crippen LogP contribution in [0, 0.1) is 6.92 Å². The fraction of sp³-hybridized carbons (Fsp3) is 0.467. The SMILES string of the molecule is Cc1csc(C(=O)N2CCN(CCn3ccnc3)CC2)c1. The fourth-order valence-electron chi connectivity index (χ4n) is 2.55. The summed E-state index contributed by atoms with van der Waals surface area (Å²) >= 11 is 1.55. The molecule has 0 spiro atoms. The number of hydrogen-bond donors (Lipinski definition) is 0. The van der Waals surface area contributed by atoms with Crippen LogP contribution in [0.4, 0.5) is 0 Å². The third-order valence-corrected chi connectivity index (χ3v) is 4.87. The number of carbonyl (C=O) groups excluding carboxylic acids is 1. The van der Waals surface area contributed by atoms with Gasteiger partial charge in [0.1, 0.15) is 0 Å². The molecule has 0 radical (unpaired) electrons. The minimum absolute atomic E-state index is 0.183. The van der Waals surface area contributed by atoms with Crippen LogP contribution < -0.4 is 0 Å². The van der Waals surface area contributed by atoms with Crippen LogP contribution in [0.1, 0.15) is 15.2 Å². The third-order valence-electron chi connectivity index (χ3n) is 3.83. The van der Waals surface area contributed by atoms with Gasteiger partial charge in [-0.1, -0.05) is 0 Å². The van der Waals surface area contributed by atoms with Crippen LogP contribution in [0.5, 0.6) is 0 Å². The van der Waals surface area contributed by atoms with Crippen molar-refractivity contribution in [3.05, 3.63) is 40.6 Å². The molecule has 0 N–H and O–H groups in total. The molecule has 0 saturated carbocycles. The molecule has 3 heterocycles. The molecule has 1 fully saturated rings. The first-order chi connectivity index (χ1) is 10.2. The average Bonchev–Trinajstić information content (AvgIpc) is 3.16. The van der Waals surface area contributed by atoms with E-state index in [-0.39, 0.29) is 5.91 Å². The van der Waals surface area contributed by atoms with E-state index >= 15 is 0 Å². The van der Waals surface area contributed by atoms with Crippen LogP contribution in [0.25, 0.3) is 0 Å². The first kappa shape index (κ1) is 14.3. The van der Waals surface area contributed by atoms with Crippen molar-refractivity contribution in [3.8, 4) is 0 Å². The molecular weight excluding hydrogens is 284 g/mol. The van der Waals surface area contributed by atoms with Gasteiger partial charge in [-0.2, -0.15) is 0 Å². The molecule has 21 heavy (non-hydrogen) atoms. The van der Waals surface area contributed by atoms with E-state index < -0.39 is 0 Å². The Balaban J connectivity index is 1.47. The van der Waals surface area contributed by atoms with Gasteiger partial charge in [-0.05, 0) is 23.9 Å². The van der Waals surface area contributed by atoms with Crippen LogP contribution in [-0.4, -0.2) is 58.0 Å². The van der Waals surface area contributed by atoms with Crippen LogP contribution in [0.2, 0.25) is 0 Å². The van der Waals surface area contributed by atoms with Crippen LogP contribution in [0.15, 0.2) is 30.2 Å². The lowest BCUT2D eigenvalue weighted by molar-refractivity contribution is 0.0638. The Morgan fingerprint density at radius 2 is 2.10 bits per heavy atom. The maximum absolute atomic E-state index is 12.4. The Labute approximate surface area is 128 Å². The summed E-state index contributed by atoms with van der Waals surface area (Å²) in [4.78, 5) is 21.7. The summed E-state index contributed by atoms with van der Waals surface area (Å²) in [5.41, 5.74) is 1.17. The predicted octanol–water partition coefficient (Wildman–Crippen LogP) is 1.71. The first-order valence-electron chi connectivity index (χ1n) is 7.25. The van der Waals surface area contributed by atoms with Crippen molar-refractivity contribution < 1.29 is 4.79 Å². The van der Waals surface area contributed by atoms with E-state index in [1.165, 1.54) is 5.56 Å². The van der Waals surface area contributed by atoms with Gasteiger partial charge in [-0.25, -0.2) is 4.98 Å². The smallest absolute Gasteiger partial charge is 0.264 e. The molecule has 2 aromatic heterocycles. The highest BCUT2D eigenvalue weighted by Gasteiger charge is 2.22. The van der Waals surface area contributed by atoms with Gasteiger partial charge < -0.3 is 9.47 Å². The number of piperazine rings is 1. The van der Waals surface area contributed by atoms with Gasteiger partial charge in [0, 0.05) is 51.7 Å².